The minimum Gasteiger partial charge on any atom is -0.469 e. The van der Waals surface area contributed by atoms with Crippen molar-refractivity contribution in [2.75, 3.05) is 30.4 Å². The highest BCUT2D eigenvalue weighted by Crippen LogP contribution is 2.36. The summed E-state index contributed by atoms with van der Waals surface area (Å²) in [4.78, 5) is 33.2. The molecule has 9 heteroatoms. The molecule has 148 valence electrons. The molecular formula is C19H23N5O4. The van der Waals surface area contributed by atoms with E-state index in [1.54, 1.807) is 0 Å². The zero-order chi connectivity index (χ0) is 20.3. The summed E-state index contributed by atoms with van der Waals surface area (Å²) >= 11 is 0. The third kappa shape index (κ3) is 4.03. The first-order chi connectivity index (χ1) is 13.4. The number of piperidine rings is 1. The van der Waals surface area contributed by atoms with E-state index in [9.17, 15) is 14.9 Å². The predicted molar refractivity (Wildman–Crippen MR) is 105 cm³/mol. The van der Waals surface area contributed by atoms with Crippen LogP contribution in [0.5, 0.6) is 0 Å². The fourth-order valence-corrected chi connectivity index (χ4v) is 3.44. The zero-order valence-electron chi connectivity index (χ0n) is 16.1. The molecule has 1 aliphatic rings. The van der Waals surface area contributed by atoms with E-state index < -0.39 is 4.92 Å². The largest absolute Gasteiger partial charge is 0.469 e. The minimum absolute atomic E-state index is 0.150. The SMILES string of the molecule is COC(=O)C1CCN(c2ncnc(Nc3ccc(C)cc3C)c2[N+](=O)[O-])CC1. The molecule has 1 aliphatic heterocycles. The number of methoxy groups -OCH3 is 1. The normalized spacial score (nSPS) is 14.6. The van der Waals surface area contributed by atoms with Crippen LogP contribution >= 0.6 is 0 Å². The van der Waals surface area contributed by atoms with Crippen molar-refractivity contribution in [3.05, 3.63) is 45.8 Å². The second-order valence-electron chi connectivity index (χ2n) is 6.88. The van der Waals surface area contributed by atoms with Gasteiger partial charge in [-0.3, -0.25) is 14.9 Å². The number of carbonyl (C=O) groups is 1. The molecule has 1 N–H and O–H groups in total. The molecule has 1 aromatic carbocycles. The standard InChI is InChI=1S/C19H23N5O4/c1-12-4-5-15(13(2)10-12)22-17-16(24(26)27)18(21-11-20-17)23-8-6-14(7-9-23)19(25)28-3/h4-5,10-11,14H,6-9H2,1-3H3,(H,20,21,22). The van der Waals surface area contributed by atoms with Gasteiger partial charge in [0.25, 0.3) is 0 Å². The third-order valence-electron chi connectivity index (χ3n) is 4.95. The lowest BCUT2D eigenvalue weighted by Gasteiger charge is -2.31. The second kappa shape index (κ2) is 8.20. The van der Waals surface area contributed by atoms with Crippen molar-refractivity contribution >= 4 is 29.0 Å². The number of hydrogen-bond donors (Lipinski definition) is 1. The summed E-state index contributed by atoms with van der Waals surface area (Å²) < 4.78 is 4.80. The Labute approximate surface area is 162 Å². The molecular weight excluding hydrogens is 362 g/mol. The number of ether oxygens (including phenoxy) is 1. The first-order valence-electron chi connectivity index (χ1n) is 9.07. The first kappa shape index (κ1) is 19.5. The summed E-state index contributed by atoms with van der Waals surface area (Å²) in [5.74, 6) is -0.0170. The van der Waals surface area contributed by atoms with E-state index in [0.717, 1.165) is 16.8 Å². The van der Waals surface area contributed by atoms with E-state index in [4.69, 9.17) is 4.74 Å². The van der Waals surface area contributed by atoms with Gasteiger partial charge in [-0.2, -0.15) is 0 Å². The Morgan fingerprint density at radius 2 is 2.00 bits per heavy atom. The maximum atomic E-state index is 11.8. The monoisotopic (exact) mass is 385 g/mol. The van der Waals surface area contributed by atoms with E-state index >= 15 is 0 Å². The fraction of sp³-hybridized carbons (Fsp3) is 0.421. The van der Waals surface area contributed by atoms with Gasteiger partial charge in [0.05, 0.1) is 18.0 Å². The molecule has 0 aliphatic carbocycles. The van der Waals surface area contributed by atoms with Crippen molar-refractivity contribution in [2.24, 2.45) is 5.92 Å². The number of aryl methyl sites for hydroxylation is 2. The quantitative estimate of drug-likeness (QED) is 0.475. The third-order valence-corrected chi connectivity index (χ3v) is 4.95. The van der Waals surface area contributed by atoms with Crippen molar-refractivity contribution in [3.8, 4) is 0 Å². The Morgan fingerprint density at radius 1 is 1.29 bits per heavy atom. The van der Waals surface area contributed by atoms with Crippen molar-refractivity contribution in [3.63, 3.8) is 0 Å². The number of anilines is 3. The van der Waals surface area contributed by atoms with Crippen LogP contribution in [0.15, 0.2) is 24.5 Å². The van der Waals surface area contributed by atoms with Crippen LogP contribution in [0.1, 0.15) is 24.0 Å². The van der Waals surface area contributed by atoms with Crippen LogP contribution in [0, 0.1) is 29.9 Å². The average Bonchev–Trinajstić information content (AvgIpc) is 2.69. The van der Waals surface area contributed by atoms with E-state index in [2.05, 4.69) is 15.3 Å². The predicted octanol–water partition coefficient (Wildman–Crippen LogP) is 3.13. The number of nitrogens with one attached hydrogen (secondary N) is 1. The molecule has 1 aromatic heterocycles. The topological polar surface area (TPSA) is 110 Å². The number of nitro groups is 1. The van der Waals surface area contributed by atoms with E-state index in [1.165, 1.54) is 13.4 Å². The summed E-state index contributed by atoms with van der Waals surface area (Å²) in [6.07, 6.45) is 2.45. The van der Waals surface area contributed by atoms with Gasteiger partial charge in [-0.05, 0) is 38.3 Å². The number of hydrogen-bond acceptors (Lipinski definition) is 8. The molecule has 1 fully saturated rings. The average molecular weight is 385 g/mol. The Hall–Kier alpha value is -3.23. The van der Waals surface area contributed by atoms with Crippen LogP contribution in [0.3, 0.4) is 0 Å². The number of esters is 1. The van der Waals surface area contributed by atoms with Crippen molar-refractivity contribution in [2.45, 2.75) is 26.7 Å². The van der Waals surface area contributed by atoms with Gasteiger partial charge >= 0.3 is 11.7 Å². The summed E-state index contributed by atoms with van der Waals surface area (Å²) in [5, 5.41) is 14.9. The lowest BCUT2D eigenvalue weighted by atomic mass is 9.97. The molecule has 0 spiro atoms. The van der Waals surface area contributed by atoms with Gasteiger partial charge in [0.1, 0.15) is 6.33 Å². The molecule has 2 aromatic rings. The van der Waals surface area contributed by atoms with E-state index in [1.807, 2.05) is 36.9 Å². The van der Waals surface area contributed by atoms with Gasteiger partial charge in [-0.25, -0.2) is 9.97 Å². The number of aromatic nitrogens is 2. The van der Waals surface area contributed by atoms with Crippen LogP contribution in [-0.4, -0.2) is 41.1 Å². The summed E-state index contributed by atoms with van der Waals surface area (Å²) in [6.45, 7) is 4.89. The molecule has 0 bridgehead atoms. The highest BCUT2D eigenvalue weighted by Gasteiger charge is 2.32. The Morgan fingerprint density at radius 3 is 2.61 bits per heavy atom. The highest BCUT2D eigenvalue weighted by atomic mass is 16.6. The minimum atomic E-state index is -0.465. The molecule has 3 rings (SSSR count). The van der Waals surface area contributed by atoms with Gasteiger partial charge in [-0.15, -0.1) is 0 Å². The van der Waals surface area contributed by atoms with Crippen LogP contribution < -0.4 is 10.2 Å². The molecule has 0 unspecified atom stereocenters. The Kier molecular flexibility index (Phi) is 5.72. The summed E-state index contributed by atoms with van der Waals surface area (Å²) in [7, 11) is 1.37. The van der Waals surface area contributed by atoms with Gasteiger partial charge < -0.3 is 15.0 Å². The Bertz CT molecular complexity index is 894. The first-order valence-corrected chi connectivity index (χ1v) is 9.07. The molecule has 28 heavy (non-hydrogen) atoms. The maximum Gasteiger partial charge on any atom is 0.353 e. The van der Waals surface area contributed by atoms with Crippen LogP contribution in [0.4, 0.5) is 23.0 Å². The van der Waals surface area contributed by atoms with Crippen LogP contribution in [-0.2, 0) is 9.53 Å². The number of benzene rings is 1. The van der Waals surface area contributed by atoms with Crippen LogP contribution in [0.25, 0.3) is 0 Å². The second-order valence-corrected chi connectivity index (χ2v) is 6.88. The molecule has 0 atom stereocenters. The lowest BCUT2D eigenvalue weighted by Crippen LogP contribution is -2.37. The van der Waals surface area contributed by atoms with Gasteiger partial charge in [0, 0.05) is 18.8 Å². The molecule has 9 nitrogen and oxygen atoms in total. The van der Waals surface area contributed by atoms with Crippen LogP contribution in [0.2, 0.25) is 0 Å². The molecule has 0 saturated carbocycles. The molecule has 2 heterocycles. The summed E-state index contributed by atoms with van der Waals surface area (Å²) in [5.41, 5.74) is 2.66. The number of rotatable bonds is 5. The maximum absolute atomic E-state index is 11.8. The van der Waals surface area contributed by atoms with Crippen molar-refractivity contribution in [1.29, 1.82) is 0 Å². The number of carbonyl (C=O) groups excluding carboxylic acids is 1. The smallest absolute Gasteiger partial charge is 0.353 e. The zero-order valence-corrected chi connectivity index (χ0v) is 16.1. The number of nitrogens with zero attached hydrogens (tertiary/aromatic N) is 4. The molecule has 1 saturated heterocycles. The Balaban J connectivity index is 1.88. The van der Waals surface area contributed by atoms with Gasteiger partial charge in [-0.1, -0.05) is 17.7 Å². The summed E-state index contributed by atoms with van der Waals surface area (Å²) in [6, 6.07) is 5.80. The molecule has 0 amide bonds. The van der Waals surface area contributed by atoms with Gasteiger partial charge in [0.15, 0.2) is 0 Å². The van der Waals surface area contributed by atoms with E-state index in [0.29, 0.717) is 25.9 Å². The van der Waals surface area contributed by atoms with Crippen molar-refractivity contribution in [1.82, 2.24) is 9.97 Å². The molecule has 0 radical (unpaired) electrons. The van der Waals surface area contributed by atoms with Gasteiger partial charge in [0.2, 0.25) is 11.6 Å². The lowest BCUT2D eigenvalue weighted by molar-refractivity contribution is -0.383. The fourth-order valence-electron chi connectivity index (χ4n) is 3.44. The highest BCUT2D eigenvalue weighted by molar-refractivity contribution is 5.76. The van der Waals surface area contributed by atoms with Crippen molar-refractivity contribution < 1.29 is 14.5 Å². The van der Waals surface area contributed by atoms with E-state index in [-0.39, 0.29) is 29.2 Å².